The molecule has 2 rings (SSSR count). The number of phenols is 1. The smallest absolute Gasteiger partial charge is 0.150 e. The van der Waals surface area contributed by atoms with Gasteiger partial charge in [0.1, 0.15) is 12.0 Å². The molecule has 16 heavy (non-hydrogen) atoms. The summed E-state index contributed by atoms with van der Waals surface area (Å²) < 4.78 is 0. The lowest BCUT2D eigenvalue weighted by atomic mass is 10.0. The van der Waals surface area contributed by atoms with Crippen LogP contribution in [0.25, 0.3) is 11.1 Å². The molecule has 0 aliphatic rings. The minimum absolute atomic E-state index is 0.146. The van der Waals surface area contributed by atoms with Crippen LogP contribution in [0.15, 0.2) is 42.5 Å². The first kappa shape index (κ1) is 10.7. The standard InChI is InChI=1S/C13H9ClO2/c14-11-4-5-13(16)12(7-11)10-3-1-2-9(6-10)8-15/h1-8,16H. The average molecular weight is 233 g/mol. The molecule has 0 aliphatic carbocycles. The van der Waals surface area contributed by atoms with E-state index in [-0.39, 0.29) is 5.75 Å². The Hall–Kier alpha value is -1.80. The molecule has 2 nitrogen and oxygen atoms in total. The Kier molecular flexibility index (Phi) is 2.93. The summed E-state index contributed by atoms with van der Waals surface area (Å²) in [5, 5.41) is 10.3. The fourth-order valence-corrected chi connectivity index (χ4v) is 1.69. The maximum absolute atomic E-state index is 10.7. The maximum Gasteiger partial charge on any atom is 0.150 e. The SMILES string of the molecule is O=Cc1cccc(-c2cc(Cl)ccc2O)c1. The molecule has 0 aromatic heterocycles. The van der Waals surface area contributed by atoms with Gasteiger partial charge in [-0.1, -0.05) is 29.8 Å². The molecule has 0 aliphatic heterocycles. The highest BCUT2D eigenvalue weighted by Gasteiger charge is 2.05. The zero-order valence-corrected chi connectivity index (χ0v) is 9.11. The normalized spacial score (nSPS) is 10.1. The van der Waals surface area contributed by atoms with Gasteiger partial charge in [0, 0.05) is 16.1 Å². The molecule has 3 heteroatoms. The zero-order valence-electron chi connectivity index (χ0n) is 8.35. The van der Waals surface area contributed by atoms with Gasteiger partial charge in [-0.3, -0.25) is 4.79 Å². The third kappa shape index (κ3) is 2.07. The van der Waals surface area contributed by atoms with Crippen molar-refractivity contribution in [2.75, 3.05) is 0 Å². The van der Waals surface area contributed by atoms with Crippen LogP contribution in [-0.2, 0) is 0 Å². The maximum atomic E-state index is 10.7. The van der Waals surface area contributed by atoms with Crippen LogP contribution in [0.5, 0.6) is 5.75 Å². The van der Waals surface area contributed by atoms with E-state index in [0.29, 0.717) is 16.1 Å². The first-order valence-electron chi connectivity index (χ1n) is 4.75. The van der Waals surface area contributed by atoms with Gasteiger partial charge in [-0.05, 0) is 29.8 Å². The fraction of sp³-hybridized carbons (Fsp3) is 0. The summed E-state index contributed by atoms with van der Waals surface area (Å²) >= 11 is 5.86. The van der Waals surface area contributed by atoms with Crippen LogP contribution >= 0.6 is 11.6 Å². The Bertz CT molecular complexity index is 535. The number of aromatic hydroxyl groups is 1. The number of carbonyl (C=O) groups excluding carboxylic acids is 1. The minimum atomic E-state index is 0.146. The van der Waals surface area contributed by atoms with Gasteiger partial charge >= 0.3 is 0 Å². The van der Waals surface area contributed by atoms with Gasteiger partial charge in [-0.15, -0.1) is 0 Å². The van der Waals surface area contributed by atoms with Gasteiger partial charge < -0.3 is 5.11 Å². The molecule has 80 valence electrons. The molecule has 0 amide bonds. The summed E-state index contributed by atoms with van der Waals surface area (Å²) in [5.74, 6) is 0.146. The topological polar surface area (TPSA) is 37.3 Å². The summed E-state index contributed by atoms with van der Waals surface area (Å²) in [6, 6.07) is 11.8. The van der Waals surface area contributed by atoms with E-state index >= 15 is 0 Å². The van der Waals surface area contributed by atoms with Crippen molar-refractivity contribution in [3.63, 3.8) is 0 Å². The van der Waals surface area contributed by atoms with Gasteiger partial charge in [0.05, 0.1) is 0 Å². The highest BCUT2D eigenvalue weighted by Crippen LogP contribution is 2.31. The van der Waals surface area contributed by atoms with Crippen molar-refractivity contribution in [2.24, 2.45) is 0 Å². The second-order valence-electron chi connectivity index (χ2n) is 3.40. The van der Waals surface area contributed by atoms with E-state index in [9.17, 15) is 9.90 Å². The van der Waals surface area contributed by atoms with Crippen LogP contribution in [0, 0.1) is 0 Å². The number of hydrogen-bond donors (Lipinski definition) is 1. The number of hydrogen-bond acceptors (Lipinski definition) is 2. The van der Waals surface area contributed by atoms with E-state index in [1.54, 1.807) is 30.3 Å². The van der Waals surface area contributed by atoms with Crippen LogP contribution in [0.3, 0.4) is 0 Å². The van der Waals surface area contributed by atoms with Gasteiger partial charge in [0.25, 0.3) is 0 Å². The number of rotatable bonds is 2. The van der Waals surface area contributed by atoms with Crippen molar-refractivity contribution >= 4 is 17.9 Å². The predicted octanol–water partition coefficient (Wildman–Crippen LogP) is 3.53. The summed E-state index contributed by atoms with van der Waals surface area (Å²) in [7, 11) is 0. The molecule has 0 fully saturated rings. The Morgan fingerprint density at radius 1 is 1.12 bits per heavy atom. The van der Waals surface area contributed by atoms with Crippen LogP contribution in [0.4, 0.5) is 0 Å². The third-order valence-corrected chi connectivity index (χ3v) is 2.53. The lowest BCUT2D eigenvalue weighted by Crippen LogP contribution is -1.83. The Labute approximate surface area is 98.1 Å². The molecule has 2 aromatic carbocycles. The zero-order chi connectivity index (χ0) is 11.5. The molecule has 0 heterocycles. The highest BCUT2D eigenvalue weighted by molar-refractivity contribution is 6.31. The van der Waals surface area contributed by atoms with Crippen molar-refractivity contribution in [1.82, 2.24) is 0 Å². The molecule has 1 N–H and O–H groups in total. The van der Waals surface area contributed by atoms with Crippen molar-refractivity contribution < 1.29 is 9.90 Å². The quantitative estimate of drug-likeness (QED) is 0.805. The average Bonchev–Trinajstić information content (AvgIpc) is 2.32. The molecule has 2 aromatic rings. The number of halogens is 1. The number of aldehydes is 1. The molecule has 0 unspecified atom stereocenters. The van der Waals surface area contributed by atoms with Crippen molar-refractivity contribution in [3.05, 3.63) is 53.1 Å². The minimum Gasteiger partial charge on any atom is -0.507 e. The van der Waals surface area contributed by atoms with E-state index in [0.717, 1.165) is 11.8 Å². The van der Waals surface area contributed by atoms with E-state index in [2.05, 4.69) is 0 Å². The Morgan fingerprint density at radius 2 is 1.94 bits per heavy atom. The predicted molar refractivity (Wildman–Crippen MR) is 63.9 cm³/mol. The van der Waals surface area contributed by atoms with E-state index < -0.39 is 0 Å². The molecular formula is C13H9ClO2. The lowest BCUT2D eigenvalue weighted by Gasteiger charge is -2.05. The molecule has 0 atom stereocenters. The van der Waals surface area contributed by atoms with Crippen molar-refractivity contribution in [1.29, 1.82) is 0 Å². The van der Waals surface area contributed by atoms with Crippen LogP contribution < -0.4 is 0 Å². The first-order chi connectivity index (χ1) is 7.70. The summed E-state index contributed by atoms with van der Waals surface area (Å²) in [5.41, 5.74) is 1.96. The monoisotopic (exact) mass is 232 g/mol. The van der Waals surface area contributed by atoms with Crippen LogP contribution in [0.1, 0.15) is 10.4 Å². The second kappa shape index (κ2) is 4.37. The summed E-state index contributed by atoms with van der Waals surface area (Å²) in [6.45, 7) is 0. The fourth-order valence-electron chi connectivity index (χ4n) is 1.52. The number of phenolic OH excluding ortho intramolecular Hbond substituents is 1. The first-order valence-corrected chi connectivity index (χ1v) is 5.12. The van der Waals surface area contributed by atoms with E-state index in [4.69, 9.17) is 11.6 Å². The molecule has 0 saturated carbocycles. The molecular weight excluding hydrogens is 224 g/mol. The van der Waals surface area contributed by atoms with Crippen LogP contribution in [0.2, 0.25) is 5.02 Å². The number of benzene rings is 2. The Morgan fingerprint density at radius 3 is 2.69 bits per heavy atom. The highest BCUT2D eigenvalue weighted by atomic mass is 35.5. The van der Waals surface area contributed by atoms with Crippen molar-refractivity contribution in [3.8, 4) is 16.9 Å². The molecule has 0 saturated heterocycles. The summed E-state index contributed by atoms with van der Waals surface area (Å²) in [4.78, 5) is 10.7. The third-order valence-electron chi connectivity index (χ3n) is 2.29. The van der Waals surface area contributed by atoms with Crippen molar-refractivity contribution in [2.45, 2.75) is 0 Å². The van der Waals surface area contributed by atoms with Gasteiger partial charge in [0.2, 0.25) is 0 Å². The number of carbonyl (C=O) groups is 1. The lowest BCUT2D eigenvalue weighted by molar-refractivity contribution is 0.112. The van der Waals surface area contributed by atoms with E-state index in [1.165, 1.54) is 6.07 Å². The molecule has 0 bridgehead atoms. The molecule has 0 spiro atoms. The Balaban J connectivity index is 2.57. The second-order valence-corrected chi connectivity index (χ2v) is 3.84. The van der Waals surface area contributed by atoms with Crippen LogP contribution in [-0.4, -0.2) is 11.4 Å². The largest absolute Gasteiger partial charge is 0.507 e. The molecule has 0 radical (unpaired) electrons. The van der Waals surface area contributed by atoms with E-state index in [1.807, 2.05) is 6.07 Å². The van der Waals surface area contributed by atoms with Gasteiger partial charge in [-0.2, -0.15) is 0 Å². The van der Waals surface area contributed by atoms with Gasteiger partial charge in [-0.25, -0.2) is 0 Å². The van der Waals surface area contributed by atoms with Gasteiger partial charge in [0.15, 0.2) is 0 Å². The summed E-state index contributed by atoms with van der Waals surface area (Å²) in [6.07, 6.45) is 0.769.